The van der Waals surface area contributed by atoms with Gasteiger partial charge in [-0.05, 0) is 29.2 Å². The maximum Gasteiger partial charge on any atom is 0.408 e. The summed E-state index contributed by atoms with van der Waals surface area (Å²) in [5.41, 5.74) is 1.51. The highest BCUT2D eigenvalue weighted by atomic mass is 16.5. The molecule has 0 aliphatic heterocycles. The van der Waals surface area contributed by atoms with Crippen LogP contribution < -0.4 is 15.4 Å². The van der Waals surface area contributed by atoms with Gasteiger partial charge in [0.25, 0.3) is 0 Å². The lowest BCUT2D eigenvalue weighted by Crippen LogP contribution is -2.54. The second-order valence-electron chi connectivity index (χ2n) is 7.38. The number of carboxylic acid groups (broad SMARTS) is 1. The van der Waals surface area contributed by atoms with E-state index in [2.05, 4.69) is 10.6 Å². The SMILES string of the molecule is COc1cccc(C[C@H](NC(=O)[C@H](NC(=O)OCc2ccccc2)C(C)C)C(=O)O)c1. The zero-order chi connectivity index (χ0) is 22.8. The lowest BCUT2D eigenvalue weighted by molar-refractivity contribution is -0.142. The van der Waals surface area contributed by atoms with Crippen molar-refractivity contribution in [3.05, 3.63) is 65.7 Å². The monoisotopic (exact) mass is 428 g/mol. The minimum atomic E-state index is -1.18. The van der Waals surface area contributed by atoms with Crippen molar-refractivity contribution in [2.24, 2.45) is 5.92 Å². The number of carbonyl (C=O) groups is 3. The zero-order valence-electron chi connectivity index (χ0n) is 17.8. The summed E-state index contributed by atoms with van der Waals surface area (Å²) in [5, 5.41) is 14.6. The molecule has 0 radical (unpaired) electrons. The summed E-state index contributed by atoms with van der Waals surface area (Å²) in [6.45, 7) is 3.56. The van der Waals surface area contributed by atoms with Crippen molar-refractivity contribution in [3.8, 4) is 5.75 Å². The second-order valence-corrected chi connectivity index (χ2v) is 7.38. The van der Waals surface area contributed by atoms with E-state index in [1.54, 1.807) is 38.1 Å². The van der Waals surface area contributed by atoms with Crippen molar-refractivity contribution < 1.29 is 29.0 Å². The Bertz CT molecular complexity index is 885. The van der Waals surface area contributed by atoms with E-state index >= 15 is 0 Å². The number of carbonyl (C=O) groups excluding carboxylic acids is 2. The van der Waals surface area contributed by atoms with Crippen molar-refractivity contribution in [1.82, 2.24) is 10.6 Å². The van der Waals surface area contributed by atoms with Crippen LogP contribution in [0.25, 0.3) is 0 Å². The van der Waals surface area contributed by atoms with Gasteiger partial charge in [-0.2, -0.15) is 0 Å². The lowest BCUT2D eigenvalue weighted by atomic mass is 10.0. The molecule has 0 spiro atoms. The first-order valence-corrected chi connectivity index (χ1v) is 9.93. The van der Waals surface area contributed by atoms with Gasteiger partial charge in [0.05, 0.1) is 7.11 Å². The minimum absolute atomic E-state index is 0.0622. The van der Waals surface area contributed by atoms with E-state index in [1.807, 2.05) is 30.3 Å². The third-order valence-corrected chi connectivity index (χ3v) is 4.62. The van der Waals surface area contributed by atoms with Crippen LogP contribution in [-0.2, 0) is 27.4 Å². The molecular formula is C23H28N2O6. The number of benzene rings is 2. The number of aliphatic carboxylic acids is 1. The Morgan fingerprint density at radius 2 is 1.65 bits per heavy atom. The molecule has 8 nitrogen and oxygen atoms in total. The highest BCUT2D eigenvalue weighted by molar-refractivity contribution is 5.89. The van der Waals surface area contributed by atoms with Gasteiger partial charge in [0.1, 0.15) is 24.4 Å². The average Bonchev–Trinajstić information content (AvgIpc) is 2.76. The average molecular weight is 428 g/mol. The third kappa shape index (κ3) is 7.65. The minimum Gasteiger partial charge on any atom is -0.497 e. The van der Waals surface area contributed by atoms with Gasteiger partial charge in [-0.25, -0.2) is 9.59 Å². The largest absolute Gasteiger partial charge is 0.497 e. The van der Waals surface area contributed by atoms with E-state index in [1.165, 1.54) is 7.11 Å². The van der Waals surface area contributed by atoms with E-state index < -0.39 is 30.1 Å². The topological polar surface area (TPSA) is 114 Å². The molecule has 0 aliphatic rings. The fourth-order valence-electron chi connectivity index (χ4n) is 2.92. The smallest absolute Gasteiger partial charge is 0.408 e. The number of alkyl carbamates (subject to hydrolysis) is 1. The molecule has 0 unspecified atom stereocenters. The lowest BCUT2D eigenvalue weighted by Gasteiger charge is -2.24. The number of methoxy groups -OCH3 is 1. The quantitative estimate of drug-likeness (QED) is 0.536. The standard InChI is InChI=1S/C23H28N2O6/c1-15(2)20(25-23(29)31-14-16-8-5-4-6-9-16)21(26)24-19(22(27)28)13-17-10-7-11-18(12-17)30-3/h4-12,15,19-20H,13-14H2,1-3H3,(H,24,26)(H,25,29)(H,27,28)/t19-,20+/m0/s1. The van der Waals surface area contributed by atoms with Crippen molar-refractivity contribution >= 4 is 18.0 Å². The third-order valence-electron chi connectivity index (χ3n) is 4.62. The molecule has 2 aromatic carbocycles. The van der Waals surface area contributed by atoms with Crippen molar-refractivity contribution in [3.63, 3.8) is 0 Å². The molecule has 8 heteroatoms. The normalized spacial score (nSPS) is 12.5. The van der Waals surface area contributed by atoms with E-state index in [4.69, 9.17) is 9.47 Å². The van der Waals surface area contributed by atoms with Crippen LogP contribution in [0, 0.1) is 5.92 Å². The number of ether oxygens (including phenoxy) is 2. The number of rotatable bonds is 10. The molecule has 2 aromatic rings. The second kappa shape index (κ2) is 11.6. The number of amides is 2. The van der Waals surface area contributed by atoms with Crippen molar-refractivity contribution in [1.29, 1.82) is 0 Å². The van der Waals surface area contributed by atoms with Crippen molar-refractivity contribution in [2.75, 3.05) is 7.11 Å². The summed E-state index contributed by atoms with van der Waals surface area (Å²) in [6.07, 6.45) is -0.681. The van der Waals surface area contributed by atoms with Crippen LogP contribution in [-0.4, -0.2) is 42.3 Å². The van der Waals surface area contributed by atoms with Crippen LogP contribution >= 0.6 is 0 Å². The van der Waals surface area contributed by atoms with Crippen LogP contribution in [0.1, 0.15) is 25.0 Å². The van der Waals surface area contributed by atoms with E-state index in [9.17, 15) is 19.5 Å². The van der Waals surface area contributed by atoms with Gasteiger partial charge in [0, 0.05) is 6.42 Å². The molecule has 3 N–H and O–H groups in total. The van der Waals surface area contributed by atoms with Crippen LogP contribution in [0.15, 0.2) is 54.6 Å². The summed E-state index contributed by atoms with van der Waals surface area (Å²) in [6, 6.07) is 14.0. The Balaban J connectivity index is 1.99. The molecule has 0 aliphatic carbocycles. The highest BCUT2D eigenvalue weighted by Gasteiger charge is 2.29. The molecule has 0 bridgehead atoms. The number of hydrogen-bond donors (Lipinski definition) is 3. The van der Waals surface area contributed by atoms with Gasteiger partial charge in [-0.3, -0.25) is 4.79 Å². The fraction of sp³-hybridized carbons (Fsp3) is 0.348. The summed E-state index contributed by atoms with van der Waals surface area (Å²) < 4.78 is 10.3. The van der Waals surface area contributed by atoms with Gasteiger partial charge in [-0.1, -0.05) is 56.3 Å². The molecule has 0 heterocycles. The Hall–Kier alpha value is -3.55. The van der Waals surface area contributed by atoms with Gasteiger partial charge >= 0.3 is 12.1 Å². The summed E-state index contributed by atoms with van der Waals surface area (Å²) in [7, 11) is 1.52. The maximum absolute atomic E-state index is 12.8. The van der Waals surface area contributed by atoms with Gasteiger partial charge in [-0.15, -0.1) is 0 Å². The van der Waals surface area contributed by atoms with Gasteiger partial charge < -0.3 is 25.2 Å². The maximum atomic E-state index is 12.8. The number of carboxylic acids is 1. The van der Waals surface area contributed by atoms with E-state index in [0.717, 1.165) is 5.56 Å². The Labute approximate surface area is 181 Å². The molecule has 0 fully saturated rings. The van der Waals surface area contributed by atoms with Gasteiger partial charge in [0.15, 0.2) is 0 Å². The summed E-state index contributed by atoms with van der Waals surface area (Å²) >= 11 is 0. The summed E-state index contributed by atoms with van der Waals surface area (Å²) in [4.78, 5) is 36.6. The first-order chi connectivity index (χ1) is 14.8. The van der Waals surface area contributed by atoms with Crippen LogP contribution in [0.4, 0.5) is 4.79 Å². The predicted octanol–water partition coefficient (Wildman–Crippen LogP) is 2.76. The first kappa shape index (κ1) is 23.7. The molecule has 0 saturated carbocycles. The van der Waals surface area contributed by atoms with Crippen LogP contribution in [0.5, 0.6) is 5.75 Å². The van der Waals surface area contributed by atoms with E-state index in [-0.39, 0.29) is 18.9 Å². The van der Waals surface area contributed by atoms with E-state index in [0.29, 0.717) is 11.3 Å². The first-order valence-electron chi connectivity index (χ1n) is 9.93. The number of hydrogen-bond acceptors (Lipinski definition) is 5. The molecule has 31 heavy (non-hydrogen) atoms. The molecular weight excluding hydrogens is 400 g/mol. The zero-order valence-corrected chi connectivity index (χ0v) is 17.8. The van der Waals surface area contributed by atoms with Crippen LogP contribution in [0.3, 0.4) is 0 Å². The Kier molecular flexibility index (Phi) is 8.87. The van der Waals surface area contributed by atoms with Gasteiger partial charge in [0.2, 0.25) is 5.91 Å². The Morgan fingerprint density at radius 1 is 0.968 bits per heavy atom. The molecule has 0 saturated heterocycles. The highest BCUT2D eigenvalue weighted by Crippen LogP contribution is 2.14. The molecule has 2 rings (SSSR count). The molecule has 0 aromatic heterocycles. The molecule has 2 amide bonds. The van der Waals surface area contributed by atoms with Crippen molar-refractivity contribution in [2.45, 2.75) is 39.0 Å². The summed E-state index contributed by atoms with van der Waals surface area (Å²) in [5.74, 6) is -1.46. The number of nitrogens with one attached hydrogen (secondary N) is 2. The Morgan fingerprint density at radius 3 is 2.26 bits per heavy atom. The molecule has 166 valence electrons. The molecule has 2 atom stereocenters. The fourth-order valence-corrected chi connectivity index (χ4v) is 2.92. The van der Waals surface area contributed by atoms with Crippen LogP contribution in [0.2, 0.25) is 0 Å². The predicted molar refractivity (Wildman–Crippen MR) is 115 cm³/mol.